The molecule has 1 fully saturated rings. The number of hydrogen-bond acceptors (Lipinski definition) is 6. The first-order valence-electron chi connectivity index (χ1n) is 13.7. The van der Waals surface area contributed by atoms with Gasteiger partial charge in [-0.25, -0.2) is 8.78 Å². The first-order valence-corrected chi connectivity index (χ1v) is 13.7. The maximum absolute atomic E-state index is 15.4. The molecule has 2 aromatic carbocycles. The number of amides is 2. The van der Waals surface area contributed by atoms with Crippen molar-refractivity contribution in [2.24, 2.45) is 0 Å². The molecule has 2 heterocycles. The maximum atomic E-state index is 15.4. The van der Waals surface area contributed by atoms with Gasteiger partial charge >= 0.3 is 6.36 Å². The summed E-state index contributed by atoms with van der Waals surface area (Å²) in [7, 11) is 1.22. The van der Waals surface area contributed by atoms with Gasteiger partial charge in [0, 0.05) is 48.0 Å². The lowest BCUT2D eigenvalue weighted by Gasteiger charge is -2.23. The molecule has 0 bridgehead atoms. The monoisotopic (exact) mass is 621 g/mol. The number of aromatic nitrogens is 1. The fourth-order valence-corrected chi connectivity index (χ4v) is 6.06. The average Bonchev–Trinajstić information content (AvgIpc) is 3.56. The van der Waals surface area contributed by atoms with Crippen LogP contribution in [-0.4, -0.2) is 54.2 Å². The van der Waals surface area contributed by atoms with Gasteiger partial charge in [-0.05, 0) is 61.6 Å². The van der Waals surface area contributed by atoms with E-state index in [4.69, 9.17) is 4.74 Å². The van der Waals surface area contributed by atoms with E-state index in [1.807, 2.05) is 0 Å². The Kier molecular flexibility index (Phi) is 8.38. The zero-order valence-electron chi connectivity index (χ0n) is 23.6. The minimum atomic E-state index is -4.95. The van der Waals surface area contributed by atoms with Gasteiger partial charge in [-0.3, -0.25) is 14.4 Å². The standard InChI is InChI=1S/C30H28F5N3O6/c1-15-19-4-3-5-23(19)37(10-11-39)29(42)26(15)38-14-20(24-21(31)12-18(43-2)13-22(24)32)25(28(38)41)36-27(40)16-6-8-17(9-7-16)44-30(33,34)35/h6-9,12-13,20,25,39H,3-5,10-11,14H2,1-2H3,(H,36,40)/t20-,25-/m0/s1. The predicted molar refractivity (Wildman–Crippen MR) is 147 cm³/mol. The number of nitrogens with one attached hydrogen (secondary N) is 1. The Morgan fingerprint density at radius 2 is 1.73 bits per heavy atom. The zero-order valence-corrected chi connectivity index (χ0v) is 23.6. The van der Waals surface area contributed by atoms with Crippen molar-refractivity contribution in [2.75, 3.05) is 25.2 Å². The van der Waals surface area contributed by atoms with Crippen LogP contribution < -0.4 is 25.2 Å². The number of aliphatic hydroxyl groups is 1. The molecule has 5 rings (SSSR count). The highest BCUT2D eigenvalue weighted by Crippen LogP contribution is 2.38. The van der Waals surface area contributed by atoms with Crippen LogP contribution in [0.15, 0.2) is 41.2 Å². The van der Waals surface area contributed by atoms with E-state index >= 15 is 8.78 Å². The Labute approximate surface area is 247 Å². The minimum Gasteiger partial charge on any atom is -0.497 e. The molecular weight excluding hydrogens is 593 g/mol. The van der Waals surface area contributed by atoms with E-state index in [0.29, 0.717) is 18.4 Å². The quantitative estimate of drug-likeness (QED) is 0.371. The molecule has 234 valence electrons. The van der Waals surface area contributed by atoms with Crippen LogP contribution in [0, 0.1) is 18.6 Å². The van der Waals surface area contributed by atoms with E-state index in [-0.39, 0.29) is 36.7 Å². The van der Waals surface area contributed by atoms with E-state index in [1.165, 1.54) is 11.7 Å². The molecule has 1 aliphatic carbocycles. The fraction of sp³-hybridized carbons (Fsp3) is 0.367. The van der Waals surface area contributed by atoms with Gasteiger partial charge < -0.3 is 29.4 Å². The van der Waals surface area contributed by atoms with Crippen LogP contribution in [0.2, 0.25) is 0 Å². The third-order valence-corrected chi connectivity index (χ3v) is 7.97. The lowest BCUT2D eigenvalue weighted by molar-refractivity contribution is -0.274. The van der Waals surface area contributed by atoms with Gasteiger partial charge in [0.05, 0.1) is 13.7 Å². The van der Waals surface area contributed by atoms with Gasteiger partial charge in [0.1, 0.15) is 34.9 Å². The zero-order chi connectivity index (χ0) is 31.9. The van der Waals surface area contributed by atoms with Crippen molar-refractivity contribution in [3.8, 4) is 11.5 Å². The number of carbonyl (C=O) groups excluding carboxylic acids is 2. The van der Waals surface area contributed by atoms with Crippen LogP contribution in [-0.2, 0) is 24.2 Å². The third-order valence-electron chi connectivity index (χ3n) is 7.97. The predicted octanol–water partition coefficient (Wildman–Crippen LogP) is 3.75. The van der Waals surface area contributed by atoms with Crippen LogP contribution in [0.4, 0.5) is 27.6 Å². The summed E-state index contributed by atoms with van der Waals surface area (Å²) in [5.41, 5.74) is 0.860. The average molecular weight is 622 g/mol. The molecule has 2 N–H and O–H groups in total. The largest absolute Gasteiger partial charge is 0.573 e. The second kappa shape index (κ2) is 11.9. The van der Waals surface area contributed by atoms with E-state index < -0.39 is 58.6 Å². The molecule has 0 saturated carbocycles. The highest BCUT2D eigenvalue weighted by atomic mass is 19.4. The SMILES string of the molecule is COc1cc(F)c([C@@H]2CN(c3c(C)c4c(n(CCO)c3=O)CCC4)C(=O)[C@H]2NC(=O)c2ccc(OC(F)(F)F)cc2)c(F)c1. The minimum absolute atomic E-state index is 0.0180. The fourth-order valence-electron chi connectivity index (χ4n) is 6.06. The number of alkyl halides is 3. The molecule has 0 unspecified atom stereocenters. The normalized spacial score (nSPS) is 18.0. The second-order valence-corrected chi connectivity index (χ2v) is 10.5. The van der Waals surface area contributed by atoms with Crippen LogP contribution >= 0.6 is 0 Å². The molecule has 1 aromatic heterocycles. The summed E-state index contributed by atoms with van der Waals surface area (Å²) in [5.74, 6) is -5.83. The van der Waals surface area contributed by atoms with Crippen molar-refractivity contribution < 1.29 is 46.1 Å². The number of methoxy groups -OCH3 is 1. The summed E-state index contributed by atoms with van der Waals surface area (Å²) in [6, 6.07) is 4.18. The van der Waals surface area contributed by atoms with Crippen molar-refractivity contribution in [3.05, 3.63) is 86.3 Å². The number of aliphatic hydroxyl groups excluding tert-OH is 1. The van der Waals surface area contributed by atoms with Crippen molar-refractivity contribution in [2.45, 2.75) is 51.1 Å². The molecule has 2 amide bonds. The number of fused-ring (bicyclic) bond motifs is 1. The molecule has 0 radical (unpaired) electrons. The van der Waals surface area contributed by atoms with Crippen molar-refractivity contribution >= 4 is 17.5 Å². The molecule has 44 heavy (non-hydrogen) atoms. The molecule has 2 atom stereocenters. The van der Waals surface area contributed by atoms with Gasteiger partial charge in [0.2, 0.25) is 5.91 Å². The van der Waals surface area contributed by atoms with E-state index in [1.54, 1.807) is 6.92 Å². The molecule has 2 aliphatic rings. The first-order chi connectivity index (χ1) is 20.8. The smallest absolute Gasteiger partial charge is 0.497 e. The molecule has 0 spiro atoms. The number of hydrogen-bond donors (Lipinski definition) is 2. The second-order valence-electron chi connectivity index (χ2n) is 10.5. The summed E-state index contributed by atoms with van der Waals surface area (Å²) < 4.78 is 78.5. The molecule has 1 aliphatic heterocycles. The molecule has 3 aromatic rings. The molecule has 14 heteroatoms. The van der Waals surface area contributed by atoms with Crippen molar-refractivity contribution in [1.29, 1.82) is 0 Å². The van der Waals surface area contributed by atoms with Crippen LogP contribution in [0.3, 0.4) is 0 Å². The van der Waals surface area contributed by atoms with Gasteiger partial charge in [-0.15, -0.1) is 13.2 Å². The first kappa shape index (κ1) is 31.0. The molecular formula is C30H28F5N3O6. The number of rotatable bonds is 8. The lowest BCUT2D eigenvalue weighted by Crippen LogP contribution is -2.45. The van der Waals surface area contributed by atoms with Crippen molar-refractivity contribution in [3.63, 3.8) is 0 Å². The van der Waals surface area contributed by atoms with Crippen LogP contribution in [0.1, 0.15) is 45.1 Å². The number of carbonyl (C=O) groups is 2. The van der Waals surface area contributed by atoms with E-state index in [2.05, 4.69) is 10.1 Å². The van der Waals surface area contributed by atoms with Crippen LogP contribution in [0.5, 0.6) is 11.5 Å². The summed E-state index contributed by atoms with van der Waals surface area (Å²) in [6.07, 6.45) is -2.96. The Hall–Kier alpha value is -4.46. The Morgan fingerprint density at radius 3 is 2.32 bits per heavy atom. The Balaban J connectivity index is 1.56. The number of nitrogens with zero attached hydrogens (tertiary/aromatic N) is 2. The van der Waals surface area contributed by atoms with Gasteiger partial charge in [-0.2, -0.15) is 0 Å². The number of anilines is 1. The number of ether oxygens (including phenoxy) is 2. The maximum Gasteiger partial charge on any atom is 0.573 e. The Morgan fingerprint density at radius 1 is 1.07 bits per heavy atom. The van der Waals surface area contributed by atoms with Crippen molar-refractivity contribution in [1.82, 2.24) is 9.88 Å². The van der Waals surface area contributed by atoms with Crippen LogP contribution in [0.25, 0.3) is 0 Å². The highest BCUT2D eigenvalue weighted by Gasteiger charge is 2.47. The highest BCUT2D eigenvalue weighted by molar-refractivity contribution is 6.05. The van der Waals surface area contributed by atoms with Gasteiger partial charge in [0.15, 0.2) is 0 Å². The van der Waals surface area contributed by atoms with Gasteiger partial charge in [-0.1, -0.05) is 0 Å². The summed E-state index contributed by atoms with van der Waals surface area (Å²) in [6.45, 7) is 0.947. The number of halogens is 5. The van der Waals surface area contributed by atoms with E-state index in [0.717, 1.165) is 59.0 Å². The van der Waals surface area contributed by atoms with E-state index in [9.17, 15) is 32.7 Å². The summed E-state index contributed by atoms with van der Waals surface area (Å²) in [4.78, 5) is 42.0. The summed E-state index contributed by atoms with van der Waals surface area (Å²) in [5, 5.41) is 12.1. The molecule has 1 saturated heterocycles. The molecule has 9 nitrogen and oxygen atoms in total. The Bertz CT molecular complexity index is 1650. The third kappa shape index (κ3) is 5.73. The number of benzene rings is 2. The van der Waals surface area contributed by atoms with Gasteiger partial charge in [0.25, 0.3) is 11.5 Å². The lowest BCUT2D eigenvalue weighted by atomic mass is 9.92. The number of pyridine rings is 1. The topological polar surface area (TPSA) is 110 Å². The summed E-state index contributed by atoms with van der Waals surface area (Å²) >= 11 is 0.